The van der Waals surface area contributed by atoms with Gasteiger partial charge in [0.25, 0.3) is 0 Å². The van der Waals surface area contributed by atoms with Gasteiger partial charge in [0.2, 0.25) is 0 Å². The SMILES string of the molecule is O=[N+]([O-])c1cncn1CC(O)CCl. The molecule has 1 atom stereocenters. The van der Waals surface area contributed by atoms with Crippen LogP contribution in [0.2, 0.25) is 0 Å². The molecule has 0 fully saturated rings. The van der Waals surface area contributed by atoms with E-state index < -0.39 is 11.0 Å². The molecule has 0 aliphatic rings. The number of nitro groups is 1. The van der Waals surface area contributed by atoms with Crippen LogP contribution in [0.15, 0.2) is 12.5 Å². The third kappa shape index (κ3) is 2.40. The number of aromatic nitrogens is 2. The molecule has 1 aromatic rings. The number of imidazole rings is 1. The summed E-state index contributed by atoms with van der Waals surface area (Å²) in [6.07, 6.45) is 1.61. The van der Waals surface area contributed by atoms with Gasteiger partial charge in [-0.15, -0.1) is 11.6 Å². The van der Waals surface area contributed by atoms with E-state index >= 15 is 0 Å². The summed E-state index contributed by atoms with van der Waals surface area (Å²) in [6.45, 7) is 0.0831. The Bertz CT molecular complexity index is 301. The number of alkyl halides is 1. The molecule has 0 spiro atoms. The highest BCUT2D eigenvalue weighted by Gasteiger charge is 2.15. The van der Waals surface area contributed by atoms with Crippen LogP contribution in [0.1, 0.15) is 0 Å². The van der Waals surface area contributed by atoms with Crippen LogP contribution < -0.4 is 0 Å². The molecule has 0 aliphatic heterocycles. The lowest BCUT2D eigenvalue weighted by atomic mass is 10.4. The summed E-state index contributed by atoms with van der Waals surface area (Å²) in [5.41, 5.74) is 0. The molecule has 72 valence electrons. The number of aliphatic hydroxyl groups excluding tert-OH is 1. The summed E-state index contributed by atoms with van der Waals surface area (Å²) in [6, 6.07) is 0. The van der Waals surface area contributed by atoms with Crippen LogP contribution in [-0.4, -0.2) is 31.6 Å². The maximum absolute atomic E-state index is 10.4. The summed E-state index contributed by atoms with van der Waals surface area (Å²) in [4.78, 5) is 13.4. The van der Waals surface area contributed by atoms with Crippen LogP contribution >= 0.6 is 11.6 Å². The molecule has 0 radical (unpaired) electrons. The van der Waals surface area contributed by atoms with Crippen LogP contribution in [0.4, 0.5) is 5.82 Å². The first-order valence-electron chi connectivity index (χ1n) is 3.53. The second kappa shape index (κ2) is 4.20. The number of hydrogen-bond acceptors (Lipinski definition) is 4. The Hall–Kier alpha value is -1.14. The van der Waals surface area contributed by atoms with Gasteiger partial charge in [0, 0.05) is 0 Å². The molecule has 1 unspecified atom stereocenters. The quantitative estimate of drug-likeness (QED) is 0.438. The summed E-state index contributed by atoms with van der Waals surface area (Å²) in [5.74, 6) is -0.112. The van der Waals surface area contributed by atoms with Gasteiger partial charge in [-0.25, -0.2) is 9.55 Å². The van der Waals surface area contributed by atoms with Crippen molar-refractivity contribution in [1.82, 2.24) is 9.55 Å². The van der Waals surface area contributed by atoms with E-state index in [2.05, 4.69) is 4.98 Å². The van der Waals surface area contributed by atoms with Crippen LogP contribution in [-0.2, 0) is 6.54 Å². The van der Waals surface area contributed by atoms with E-state index in [0.717, 1.165) is 6.20 Å². The minimum atomic E-state index is -0.797. The standard InChI is InChI=1S/C6H8ClN3O3/c7-1-5(11)3-9-4-8-2-6(9)10(12)13/h2,4-5,11H,1,3H2. The van der Waals surface area contributed by atoms with Gasteiger partial charge in [-0.1, -0.05) is 0 Å². The predicted octanol–water partition coefficient (Wildman–Crippen LogP) is 0.391. The van der Waals surface area contributed by atoms with Crippen molar-refractivity contribution in [3.05, 3.63) is 22.6 Å². The lowest BCUT2D eigenvalue weighted by molar-refractivity contribution is -0.392. The first kappa shape index (κ1) is 9.94. The first-order valence-corrected chi connectivity index (χ1v) is 4.07. The smallest absolute Gasteiger partial charge is 0.342 e. The number of hydrogen-bond donors (Lipinski definition) is 1. The molecule has 0 bridgehead atoms. The molecule has 13 heavy (non-hydrogen) atoms. The fraction of sp³-hybridized carbons (Fsp3) is 0.500. The van der Waals surface area contributed by atoms with Crippen LogP contribution in [0.3, 0.4) is 0 Å². The highest BCUT2D eigenvalue weighted by molar-refractivity contribution is 6.18. The number of rotatable bonds is 4. The van der Waals surface area contributed by atoms with Crippen molar-refractivity contribution in [2.45, 2.75) is 12.6 Å². The molecule has 0 saturated heterocycles. The zero-order valence-electron chi connectivity index (χ0n) is 6.63. The first-order chi connectivity index (χ1) is 6.15. The van der Waals surface area contributed by atoms with Gasteiger partial charge in [0.15, 0.2) is 6.33 Å². The fourth-order valence-electron chi connectivity index (χ4n) is 0.882. The lowest BCUT2D eigenvalue weighted by Crippen LogP contribution is -2.17. The van der Waals surface area contributed by atoms with Gasteiger partial charge < -0.3 is 15.2 Å². The summed E-state index contributed by atoms with van der Waals surface area (Å²) in [5, 5.41) is 19.5. The van der Waals surface area contributed by atoms with Crippen molar-refractivity contribution in [2.24, 2.45) is 0 Å². The molecule has 1 N–H and O–H groups in total. The Labute approximate surface area is 78.9 Å². The molecule has 0 aliphatic carbocycles. The lowest BCUT2D eigenvalue weighted by Gasteiger charge is -2.04. The Morgan fingerprint density at radius 1 is 1.85 bits per heavy atom. The van der Waals surface area contributed by atoms with Crippen molar-refractivity contribution in [2.75, 3.05) is 5.88 Å². The van der Waals surface area contributed by atoms with Crippen molar-refractivity contribution < 1.29 is 10.0 Å². The predicted molar refractivity (Wildman–Crippen MR) is 45.6 cm³/mol. The van der Waals surface area contributed by atoms with Crippen LogP contribution in [0.25, 0.3) is 0 Å². The van der Waals surface area contributed by atoms with E-state index in [1.165, 1.54) is 10.9 Å². The highest BCUT2D eigenvalue weighted by atomic mass is 35.5. The molecule has 7 heteroatoms. The van der Waals surface area contributed by atoms with Crippen LogP contribution in [0.5, 0.6) is 0 Å². The monoisotopic (exact) mass is 205 g/mol. The average Bonchev–Trinajstić information content (AvgIpc) is 2.52. The topological polar surface area (TPSA) is 81.2 Å². The van der Waals surface area contributed by atoms with Gasteiger partial charge in [-0.05, 0) is 4.92 Å². The normalized spacial score (nSPS) is 12.8. The van der Waals surface area contributed by atoms with Crippen molar-refractivity contribution in [3.63, 3.8) is 0 Å². The van der Waals surface area contributed by atoms with Gasteiger partial charge in [-0.2, -0.15) is 0 Å². The number of nitrogens with zero attached hydrogens (tertiary/aromatic N) is 3. The van der Waals surface area contributed by atoms with E-state index in [1.54, 1.807) is 0 Å². The van der Waals surface area contributed by atoms with Gasteiger partial charge in [0.05, 0.1) is 5.88 Å². The van der Waals surface area contributed by atoms with Gasteiger partial charge >= 0.3 is 5.82 Å². The zero-order chi connectivity index (χ0) is 9.84. The maximum Gasteiger partial charge on any atom is 0.342 e. The molecular weight excluding hydrogens is 198 g/mol. The third-order valence-corrected chi connectivity index (χ3v) is 1.82. The van der Waals surface area contributed by atoms with E-state index in [1.807, 2.05) is 0 Å². The fourth-order valence-corrected chi connectivity index (χ4v) is 0.980. The molecule has 6 nitrogen and oxygen atoms in total. The van der Waals surface area contributed by atoms with E-state index in [-0.39, 0.29) is 18.2 Å². The average molecular weight is 206 g/mol. The number of aliphatic hydroxyl groups is 1. The summed E-state index contributed by atoms with van der Waals surface area (Å²) < 4.78 is 1.24. The summed E-state index contributed by atoms with van der Waals surface area (Å²) >= 11 is 5.35. The Morgan fingerprint density at radius 2 is 2.54 bits per heavy atom. The minimum absolute atomic E-state index is 0.0370. The molecule has 0 saturated carbocycles. The molecule has 1 aromatic heterocycles. The van der Waals surface area contributed by atoms with Crippen molar-refractivity contribution in [1.29, 1.82) is 0 Å². The minimum Gasteiger partial charge on any atom is -0.388 e. The van der Waals surface area contributed by atoms with Crippen LogP contribution in [0, 0.1) is 10.1 Å². The number of halogens is 1. The molecular formula is C6H8ClN3O3. The van der Waals surface area contributed by atoms with E-state index in [0.29, 0.717) is 0 Å². The van der Waals surface area contributed by atoms with Gasteiger partial charge in [0.1, 0.15) is 18.8 Å². The molecule has 1 rings (SSSR count). The molecule has 0 aromatic carbocycles. The maximum atomic E-state index is 10.4. The van der Waals surface area contributed by atoms with E-state index in [9.17, 15) is 10.1 Å². The highest BCUT2D eigenvalue weighted by Crippen LogP contribution is 2.10. The van der Waals surface area contributed by atoms with Crippen molar-refractivity contribution >= 4 is 17.4 Å². The summed E-state index contributed by atoms with van der Waals surface area (Å²) in [7, 11) is 0. The zero-order valence-corrected chi connectivity index (χ0v) is 7.39. The third-order valence-electron chi connectivity index (χ3n) is 1.46. The second-order valence-corrected chi connectivity index (χ2v) is 2.78. The Kier molecular flexibility index (Phi) is 3.21. The van der Waals surface area contributed by atoms with Gasteiger partial charge in [-0.3, -0.25) is 0 Å². The second-order valence-electron chi connectivity index (χ2n) is 2.47. The van der Waals surface area contributed by atoms with Crippen molar-refractivity contribution in [3.8, 4) is 0 Å². The molecule has 1 heterocycles. The Morgan fingerprint density at radius 3 is 3.08 bits per heavy atom. The molecule has 0 amide bonds. The Balaban J connectivity index is 2.76. The van der Waals surface area contributed by atoms with E-state index in [4.69, 9.17) is 16.7 Å². The largest absolute Gasteiger partial charge is 0.388 e.